The van der Waals surface area contributed by atoms with Crippen molar-refractivity contribution >= 4 is 40.0 Å². The van der Waals surface area contributed by atoms with E-state index in [0.717, 1.165) is 16.0 Å². The highest BCUT2D eigenvalue weighted by Gasteiger charge is 2.37. The quantitative estimate of drug-likeness (QED) is 0.696. The first-order chi connectivity index (χ1) is 13.8. The fourth-order valence-corrected chi connectivity index (χ4v) is 4.93. The highest BCUT2D eigenvalue weighted by Crippen LogP contribution is 2.37. The number of hydrogen-bond acceptors (Lipinski definition) is 7. The number of piperidine rings is 1. The smallest absolute Gasteiger partial charge is 0.355 e. The van der Waals surface area contributed by atoms with Gasteiger partial charge in [0, 0.05) is 19.3 Å². The van der Waals surface area contributed by atoms with E-state index in [0.29, 0.717) is 30.3 Å². The summed E-state index contributed by atoms with van der Waals surface area (Å²) in [6.45, 7) is 2.37. The van der Waals surface area contributed by atoms with Crippen LogP contribution >= 0.6 is 23.1 Å². The Kier molecular flexibility index (Phi) is 6.64. The average molecular weight is 442 g/mol. The van der Waals surface area contributed by atoms with Gasteiger partial charge in [0.2, 0.25) is 5.91 Å². The Morgan fingerprint density at radius 1 is 1.52 bits per heavy atom. The number of carbonyl (C=O) groups is 1. The lowest BCUT2D eigenvalue weighted by Gasteiger charge is -2.34. The van der Waals surface area contributed by atoms with E-state index in [1.165, 1.54) is 40.3 Å². The number of halogens is 3. The third kappa shape index (κ3) is 5.19. The van der Waals surface area contributed by atoms with Crippen LogP contribution in [0.15, 0.2) is 22.5 Å². The van der Waals surface area contributed by atoms with E-state index in [2.05, 4.69) is 15.3 Å². The minimum Gasteiger partial charge on any atom is -0.355 e. The molecular weight excluding hydrogens is 423 g/mol. The second kappa shape index (κ2) is 9.00. The molecule has 1 saturated heterocycles. The van der Waals surface area contributed by atoms with Gasteiger partial charge in [0.1, 0.15) is 5.82 Å². The van der Waals surface area contributed by atoms with Crippen LogP contribution in [0, 0.1) is 24.2 Å². The second-order valence-electron chi connectivity index (χ2n) is 6.49. The van der Waals surface area contributed by atoms with Crippen LogP contribution in [0.25, 0.3) is 0 Å². The summed E-state index contributed by atoms with van der Waals surface area (Å²) >= 11 is 2.64. The van der Waals surface area contributed by atoms with Crippen LogP contribution in [0.1, 0.15) is 24.1 Å². The van der Waals surface area contributed by atoms with Gasteiger partial charge in [-0.05, 0) is 31.9 Å². The van der Waals surface area contributed by atoms with Gasteiger partial charge in [-0.15, -0.1) is 0 Å². The molecule has 11 heteroatoms. The molecule has 0 bridgehead atoms. The zero-order valence-electron chi connectivity index (χ0n) is 15.5. The lowest BCUT2D eigenvalue weighted by atomic mass is 9.97. The number of aromatic nitrogens is 2. The van der Waals surface area contributed by atoms with E-state index in [1.54, 1.807) is 6.92 Å². The van der Waals surface area contributed by atoms with Crippen LogP contribution < -0.4 is 10.2 Å². The third-order valence-electron chi connectivity index (χ3n) is 4.44. The average Bonchev–Trinajstić information content (AvgIpc) is 3.04. The summed E-state index contributed by atoms with van der Waals surface area (Å²) in [6.07, 6.45) is -2.01. The highest BCUT2D eigenvalue weighted by atomic mass is 32.2. The number of nitriles is 1. The molecule has 2 aromatic heterocycles. The molecule has 0 spiro atoms. The van der Waals surface area contributed by atoms with E-state index < -0.39 is 17.7 Å². The summed E-state index contributed by atoms with van der Waals surface area (Å²) in [6, 6.07) is 4.31. The Balaban J connectivity index is 1.70. The Hall–Kier alpha value is -2.32. The maximum atomic E-state index is 13.3. The summed E-state index contributed by atoms with van der Waals surface area (Å²) in [5.74, 6) is -0.589. The van der Waals surface area contributed by atoms with Gasteiger partial charge in [-0.25, -0.2) is 9.97 Å². The van der Waals surface area contributed by atoms with Gasteiger partial charge in [0.15, 0.2) is 5.13 Å². The molecule has 154 valence electrons. The normalized spacial score (nSPS) is 17.1. The van der Waals surface area contributed by atoms with Crippen molar-refractivity contribution in [3.8, 4) is 6.07 Å². The number of pyridine rings is 1. The van der Waals surface area contributed by atoms with E-state index in [4.69, 9.17) is 5.26 Å². The van der Waals surface area contributed by atoms with Crippen molar-refractivity contribution in [1.82, 2.24) is 9.97 Å². The van der Waals surface area contributed by atoms with Crippen LogP contribution in [0.2, 0.25) is 0 Å². The number of amides is 1. The number of aryl methyl sites for hydroxylation is 1. The molecule has 1 fully saturated rings. The van der Waals surface area contributed by atoms with Crippen LogP contribution in [-0.4, -0.2) is 34.7 Å². The number of nitrogens with zero attached hydrogens (tertiary/aromatic N) is 4. The first-order valence-corrected chi connectivity index (χ1v) is 10.6. The van der Waals surface area contributed by atoms with Crippen molar-refractivity contribution in [3.63, 3.8) is 0 Å². The first kappa shape index (κ1) is 21.4. The fourth-order valence-electron chi connectivity index (χ4n) is 3.13. The molecule has 2 aromatic rings. The zero-order valence-corrected chi connectivity index (χ0v) is 17.1. The molecule has 1 N–H and O–H groups in total. The zero-order chi connectivity index (χ0) is 21.0. The first-order valence-electron chi connectivity index (χ1n) is 8.84. The van der Waals surface area contributed by atoms with Crippen LogP contribution in [0.3, 0.4) is 0 Å². The summed E-state index contributed by atoms with van der Waals surface area (Å²) < 4.78 is 40.8. The molecule has 1 atom stereocenters. The Bertz CT molecular complexity index is 925. The van der Waals surface area contributed by atoms with Crippen LogP contribution in [0.5, 0.6) is 0 Å². The number of hydrogen-bond donors (Lipinski definition) is 1. The Labute approximate surface area is 174 Å². The number of thioether (sulfide) groups is 1. The monoisotopic (exact) mass is 441 g/mol. The SMILES string of the molecule is Cc1nc(NC(=O)C2CCCN(c3ncccc3C(F)(F)F)C2)sc1SCC#N. The topological polar surface area (TPSA) is 81.9 Å². The number of alkyl halides is 3. The minimum absolute atomic E-state index is 0.141. The molecule has 6 nitrogen and oxygen atoms in total. The predicted octanol–water partition coefficient (Wildman–Crippen LogP) is 4.34. The molecule has 3 rings (SSSR count). The molecule has 3 heterocycles. The van der Waals surface area contributed by atoms with Gasteiger partial charge in [0.25, 0.3) is 0 Å². The van der Waals surface area contributed by atoms with Crippen molar-refractivity contribution < 1.29 is 18.0 Å². The lowest BCUT2D eigenvalue weighted by molar-refractivity contribution is -0.137. The van der Waals surface area contributed by atoms with Gasteiger partial charge in [-0.3, -0.25) is 4.79 Å². The summed E-state index contributed by atoms with van der Waals surface area (Å²) in [4.78, 5) is 22.4. The van der Waals surface area contributed by atoms with E-state index in [1.807, 2.05) is 6.07 Å². The molecule has 0 radical (unpaired) electrons. The van der Waals surface area contributed by atoms with Gasteiger partial charge >= 0.3 is 6.18 Å². The number of nitrogens with one attached hydrogen (secondary N) is 1. The molecule has 0 aliphatic carbocycles. The van der Waals surface area contributed by atoms with Gasteiger partial charge in [-0.2, -0.15) is 18.4 Å². The largest absolute Gasteiger partial charge is 0.419 e. The maximum absolute atomic E-state index is 13.3. The Morgan fingerprint density at radius 2 is 2.31 bits per heavy atom. The van der Waals surface area contributed by atoms with Crippen molar-refractivity contribution in [2.45, 2.75) is 30.2 Å². The number of rotatable bonds is 5. The number of thiazole rings is 1. The van der Waals surface area contributed by atoms with Crippen molar-refractivity contribution in [1.29, 1.82) is 5.26 Å². The summed E-state index contributed by atoms with van der Waals surface area (Å²) in [5.41, 5.74) is -0.0603. The van der Waals surface area contributed by atoms with Gasteiger partial charge in [0.05, 0.1) is 33.2 Å². The van der Waals surface area contributed by atoms with Crippen molar-refractivity contribution in [2.75, 3.05) is 29.1 Å². The van der Waals surface area contributed by atoms with E-state index in [9.17, 15) is 18.0 Å². The Morgan fingerprint density at radius 3 is 3.03 bits per heavy atom. The molecule has 0 saturated carbocycles. The maximum Gasteiger partial charge on any atom is 0.419 e. The van der Waals surface area contributed by atoms with E-state index in [-0.39, 0.29) is 18.3 Å². The molecular formula is C18H18F3N5OS2. The molecule has 29 heavy (non-hydrogen) atoms. The van der Waals surface area contributed by atoms with Crippen LogP contribution in [-0.2, 0) is 11.0 Å². The summed E-state index contributed by atoms with van der Waals surface area (Å²) in [5, 5.41) is 11.9. The second-order valence-corrected chi connectivity index (χ2v) is 8.73. The molecule has 1 unspecified atom stereocenters. The minimum atomic E-state index is -4.51. The standard InChI is InChI=1S/C18H18F3N5OS2/c1-11-16(28-9-6-22)29-17(24-11)25-15(27)12-4-3-8-26(10-12)14-13(18(19,20)21)5-2-7-23-14/h2,5,7,12H,3-4,8-10H2,1H3,(H,24,25,27). The molecule has 0 aromatic carbocycles. The van der Waals surface area contributed by atoms with Gasteiger partial charge < -0.3 is 10.2 Å². The van der Waals surface area contributed by atoms with Crippen molar-refractivity contribution in [3.05, 3.63) is 29.6 Å². The fraction of sp³-hybridized carbons (Fsp3) is 0.444. The molecule has 1 aliphatic rings. The third-order valence-corrected chi connectivity index (χ3v) is 6.74. The van der Waals surface area contributed by atoms with E-state index >= 15 is 0 Å². The molecule has 1 aliphatic heterocycles. The predicted molar refractivity (Wildman–Crippen MR) is 106 cm³/mol. The summed E-state index contributed by atoms with van der Waals surface area (Å²) in [7, 11) is 0. The lowest BCUT2D eigenvalue weighted by Crippen LogP contribution is -2.42. The van der Waals surface area contributed by atoms with Gasteiger partial charge in [-0.1, -0.05) is 23.1 Å². The number of carbonyl (C=O) groups excluding carboxylic acids is 1. The van der Waals surface area contributed by atoms with Crippen molar-refractivity contribution in [2.24, 2.45) is 5.92 Å². The number of anilines is 2. The van der Waals surface area contributed by atoms with Crippen LogP contribution in [0.4, 0.5) is 24.1 Å². The molecule has 1 amide bonds. The highest BCUT2D eigenvalue weighted by molar-refractivity contribution is 8.01.